The molecule has 0 bridgehead atoms. The van der Waals surface area contributed by atoms with Crippen molar-refractivity contribution >= 4 is 29.5 Å². The van der Waals surface area contributed by atoms with E-state index in [9.17, 15) is 14.4 Å². The van der Waals surface area contributed by atoms with E-state index < -0.39 is 0 Å². The lowest BCUT2D eigenvalue weighted by Crippen LogP contribution is -2.29. The van der Waals surface area contributed by atoms with Gasteiger partial charge in [-0.25, -0.2) is 9.69 Å². The molecule has 0 saturated heterocycles. The summed E-state index contributed by atoms with van der Waals surface area (Å²) in [7, 11) is 1.36. The Morgan fingerprint density at radius 2 is 1.41 bits per heavy atom. The summed E-state index contributed by atoms with van der Waals surface area (Å²) < 4.78 is 4.45. The molecule has 7 nitrogen and oxygen atoms in total. The zero-order valence-electron chi connectivity index (χ0n) is 19.0. The highest BCUT2D eigenvalue weighted by molar-refractivity contribution is 6.28. The van der Waals surface area contributed by atoms with Crippen LogP contribution in [0.4, 0.5) is 5.69 Å². The zero-order chi connectivity index (χ0) is 25.8. The number of carbonyl (C=O) groups excluding carboxylic acids is 3. The fourth-order valence-electron chi connectivity index (χ4n) is 2.03. The molecule has 0 radical (unpaired) electrons. The number of amides is 2. The monoisotopic (exact) mass is 455 g/mol. The number of carbonyl (C=O) groups is 3. The zero-order valence-corrected chi connectivity index (χ0v) is 19.0. The van der Waals surface area contributed by atoms with E-state index >= 15 is 0 Å². The predicted octanol–water partition coefficient (Wildman–Crippen LogP) is 4.77. The van der Waals surface area contributed by atoms with Crippen LogP contribution in [0.5, 0.6) is 0 Å². The third-order valence-electron chi connectivity index (χ3n) is 3.52. The number of para-hydroxylation sites is 1. The van der Waals surface area contributed by atoms with Gasteiger partial charge in [-0.15, -0.1) is 0 Å². The number of imide groups is 1. The summed E-state index contributed by atoms with van der Waals surface area (Å²) in [6.07, 6.45) is 6.84. The Bertz CT molecular complexity index is 1090. The number of hydrogen-bond donors (Lipinski definition) is 0. The van der Waals surface area contributed by atoms with Crippen LogP contribution in [-0.4, -0.2) is 24.9 Å². The average molecular weight is 456 g/mol. The summed E-state index contributed by atoms with van der Waals surface area (Å²) in [5, 5.41) is 15.3. The Hall–Kier alpha value is -5.01. The van der Waals surface area contributed by atoms with E-state index in [1.165, 1.54) is 31.4 Å². The topological polar surface area (TPSA) is 111 Å². The van der Waals surface area contributed by atoms with Gasteiger partial charge < -0.3 is 4.74 Å². The van der Waals surface area contributed by atoms with E-state index in [0.717, 1.165) is 10.5 Å². The first-order valence-corrected chi connectivity index (χ1v) is 9.79. The minimum atomic E-state index is -0.334. The van der Waals surface area contributed by atoms with Gasteiger partial charge >= 0.3 is 5.97 Å². The molecule has 2 amide bonds. The van der Waals surface area contributed by atoms with Crippen molar-refractivity contribution in [1.29, 1.82) is 10.5 Å². The quantitative estimate of drug-likeness (QED) is 0.285. The van der Waals surface area contributed by atoms with Gasteiger partial charge in [0.25, 0.3) is 11.8 Å². The molecule has 0 N–H and O–H groups in total. The van der Waals surface area contributed by atoms with Crippen LogP contribution in [0.15, 0.2) is 104 Å². The van der Waals surface area contributed by atoms with Crippen LogP contribution in [0, 0.1) is 22.7 Å². The molecule has 0 saturated carbocycles. The van der Waals surface area contributed by atoms with Crippen LogP contribution in [0.25, 0.3) is 6.08 Å². The van der Waals surface area contributed by atoms with Gasteiger partial charge in [-0.3, -0.25) is 9.59 Å². The average Bonchev–Trinajstić information content (AvgIpc) is 3.22. The fraction of sp³-hybridized carbons (Fsp3) is 0.0741. The summed E-state index contributed by atoms with van der Waals surface area (Å²) in [5.74, 6) is -0.897. The Labute approximate surface area is 199 Å². The van der Waals surface area contributed by atoms with Crippen molar-refractivity contribution in [2.75, 3.05) is 12.0 Å². The second-order valence-corrected chi connectivity index (χ2v) is 6.17. The number of allylic oxidation sites excluding steroid dienone is 2. The van der Waals surface area contributed by atoms with E-state index in [1.807, 2.05) is 42.5 Å². The first kappa shape index (κ1) is 29.0. The van der Waals surface area contributed by atoms with Crippen molar-refractivity contribution in [3.8, 4) is 12.1 Å². The highest BCUT2D eigenvalue weighted by Crippen LogP contribution is 2.17. The number of nitrogens with zero attached hydrogens (tertiary/aromatic N) is 3. The fourth-order valence-corrected chi connectivity index (χ4v) is 2.03. The Balaban J connectivity index is 0.000000479. The van der Waals surface area contributed by atoms with Crippen LogP contribution >= 0.6 is 0 Å². The Kier molecular flexibility index (Phi) is 15.0. The molecular weight excluding hydrogens is 430 g/mol. The summed E-state index contributed by atoms with van der Waals surface area (Å²) in [6, 6.07) is 22.0. The third kappa shape index (κ3) is 12.6. The van der Waals surface area contributed by atoms with E-state index in [-0.39, 0.29) is 17.8 Å². The van der Waals surface area contributed by atoms with Gasteiger partial charge in [0, 0.05) is 29.9 Å². The van der Waals surface area contributed by atoms with Gasteiger partial charge in [-0.2, -0.15) is 10.5 Å². The van der Waals surface area contributed by atoms with Crippen molar-refractivity contribution in [3.05, 3.63) is 109 Å². The maximum Gasteiger partial charge on any atom is 0.330 e. The van der Waals surface area contributed by atoms with Crippen LogP contribution < -0.4 is 4.90 Å². The van der Waals surface area contributed by atoms with E-state index in [2.05, 4.69) is 17.9 Å². The minimum Gasteiger partial charge on any atom is -0.466 e. The first-order valence-electron chi connectivity index (χ1n) is 9.79. The molecule has 7 heteroatoms. The van der Waals surface area contributed by atoms with E-state index in [4.69, 9.17) is 10.5 Å². The smallest absolute Gasteiger partial charge is 0.330 e. The van der Waals surface area contributed by atoms with Crippen LogP contribution in [0.3, 0.4) is 0 Å². The number of rotatable bonds is 3. The van der Waals surface area contributed by atoms with Crippen LogP contribution in [-0.2, 0) is 19.1 Å². The van der Waals surface area contributed by atoms with Crippen LogP contribution in [0.2, 0.25) is 0 Å². The highest BCUT2D eigenvalue weighted by Gasteiger charge is 2.24. The number of esters is 1. The molecule has 172 valence electrons. The molecule has 1 aliphatic heterocycles. The number of methoxy groups -OCH3 is 1. The van der Waals surface area contributed by atoms with Gasteiger partial charge in [0.05, 0.1) is 24.9 Å². The van der Waals surface area contributed by atoms with Crippen molar-refractivity contribution in [1.82, 2.24) is 0 Å². The molecule has 2 aromatic carbocycles. The molecule has 3 rings (SSSR count). The van der Waals surface area contributed by atoms with Crippen molar-refractivity contribution in [2.45, 2.75) is 6.92 Å². The van der Waals surface area contributed by atoms with E-state index in [0.29, 0.717) is 11.3 Å². The summed E-state index contributed by atoms with van der Waals surface area (Å²) in [5.41, 5.74) is 2.16. The standard InChI is InChI=1S/C10H7NO2.C10H10O2.C4H5N.C3H3N/c12-9-6-7-10(13)11(9)8-4-2-1-3-5-8;1-12-10(11)8-7-9-5-3-2-4-6-9;1-4(2)3-5;1-2-3-4/h1-7H;2-8H,1H3;1H2,2H3;2H,1H2. The molecule has 1 aliphatic rings. The largest absolute Gasteiger partial charge is 0.466 e. The normalized spacial score (nSPS) is 10.8. The predicted molar refractivity (Wildman–Crippen MR) is 132 cm³/mol. The number of benzene rings is 2. The summed E-state index contributed by atoms with van der Waals surface area (Å²) in [4.78, 5) is 34.2. The molecule has 0 spiro atoms. The maximum absolute atomic E-state index is 11.2. The number of anilines is 1. The molecule has 0 fully saturated rings. The molecule has 2 aromatic rings. The number of ether oxygens (including phenoxy) is 1. The van der Waals surface area contributed by atoms with Gasteiger partial charge in [-0.05, 0) is 30.7 Å². The minimum absolute atomic E-state index is 0.281. The van der Waals surface area contributed by atoms with Crippen molar-refractivity contribution < 1.29 is 19.1 Å². The lowest BCUT2D eigenvalue weighted by molar-refractivity contribution is -0.134. The van der Waals surface area contributed by atoms with Gasteiger partial charge in [0.2, 0.25) is 0 Å². The second-order valence-electron chi connectivity index (χ2n) is 6.17. The lowest BCUT2D eigenvalue weighted by atomic mass is 10.2. The molecule has 0 aromatic heterocycles. The first-order chi connectivity index (χ1) is 16.3. The molecule has 1 heterocycles. The molecule has 34 heavy (non-hydrogen) atoms. The molecule has 0 atom stereocenters. The summed E-state index contributed by atoms with van der Waals surface area (Å²) in [6.45, 7) is 8.10. The van der Waals surface area contributed by atoms with Gasteiger partial charge in [0.15, 0.2) is 0 Å². The highest BCUT2D eigenvalue weighted by atomic mass is 16.5. The lowest BCUT2D eigenvalue weighted by Gasteiger charge is -2.12. The Morgan fingerprint density at radius 1 is 0.971 bits per heavy atom. The number of hydrogen-bond acceptors (Lipinski definition) is 6. The van der Waals surface area contributed by atoms with Gasteiger partial charge in [0.1, 0.15) is 0 Å². The Morgan fingerprint density at radius 3 is 1.79 bits per heavy atom. The second kappa shape index (κ2) is 17.6. The maximum atomic E-state index is 11.2. The molecular formula is C27H25N3O4. The molecule has 0 unspecified atom stereocenters. The van der Waals surface area contributed by atoms with Crippen LogP contribution in [0.1, 0.15) is 12.5 Å². The van der Waals surface area contributed by atoms with E-state index in [1.54, 1.807) is 43.3 Å². The van der Waals surface area contributed by atoms with Gasteiger partial charge in [-0.1, -0.05) is 61.7 Å². The molecule has 0 aliphatic carbocycles. The van der Waals surface area contributed by atoms with Crippen molar-refractivity contribution in [3.63, 3.8) is 0 Å². The SMILES string of the molecule is C=C(C)C#N.C=CC#N.COC(=O)C=Cc1ccccc1.O=C1C=CC(=O)N1c1ccccc1. The summed E-state index contributed by atoms with van der Waals surface area (Å²) >= 11 is 0. The number of nitriles is 2. The third-order valence-corrected chi connectivity index (χ3v) is 3.52. The van der Waals surface area contributed by atoms with Crippen molar-refractivity contribution in [2.24, 2.45) is 0 Å².